The average Bonchev–Trinajstić information content (AvgIpc) is 2.82. The zero-order chi connectivity index (χ0) is 13.0. The lowest BCUT2D eigenvalue weighted by Crippen LogP contribution is -2.50. The number of hydrogen-bond donors (Lipinski definition) is 1. The smallest absolute Gasteiger partial charge is 0.225 e. The van der Waals surface area contributed by atoms with Crippen LogP contribution in [0, 0.1) is 0 Å². The predicted molar refractivity (Wildman–Crippen MR) is 68.3 cm³/mol. The number of carbonyl (C=O) groups is 1. The number of β-amino-alcohol motifs (C(OH)–C–C–N with tert-alkyl or cyclic N) is 1. The maximum atomic E-state index is 12.1. The van der Waals surface area contributed by atoms with Crippen LogP contribution < -0.4 is 0 Å². The van der Waals surface area contributed by atoms with Crippen LogP contribution in [0.4, 0.5) is 0 Å². The van der Waals surface area contributed by atoms with Gasteiger partial charge in [-0.15, -0.1) is 0 Å². The topological polar surface area (TPSA) is 53.0 Å². The highest BCUT2D eigenvalue weighted by atomic mass is 16.5. The number of amides is 1. The van der Waals surface area contributed by atoms with Crippen molar-refractivity contribution in [3.8, 4) is 0 Å². The third-order valence-electron chi connectivity index (χ3n) is 3.67. The van der Waals surface area contributed by atoms with Crippen molar-refractivity contribution in [2.24, 2.45) is 0 Å². The summed E-state index contributed by atoms with van der Waals surface area (Å²) in [6.45, 7) is 6.59. The highest BCUT2D eigenvalue weighted by Crippen LogP contribution is 2.17. The monoisotopic (exact) mass is 256 g/mol. The number of nitrogens with zero attached hydrogens (tertiary/aromatic N) is 2. The van der Waals surface area contributed by atoms with Crippen molar-refractivity contribution >= 4 is 5.91 Å². The number of rotatable bonds is 4. The Morgan fingerprint density at radius 3 is 2.67 bits per heavy atom. The lowest BCUT2D eigenvalue weighted by atomic mass is 10.1. The third-order valence-corrected chi connectivity index (χ3v) is 3.67. The normalized spacial score (nSPS) is 27.4. The Hall–Kier alpha value is -0.650. The molecule has 2 aliphatic heterocycles. The molecule has 2 aliphatic rings. The predicted octanol–water partition coefficient (Wildman–Crippen LogP) is 0.0805. The van der Waals surface area contributed by atoms with Gasteiger partial charge in [-0.2, -0.15) is 0 Å². The van der Waals surface area contributed by atoms with Crippen molar-refractivity contribution in [2.75, 3.05) is 39.3 Å². The number of aliphatic hydroxyl groups excluding tert-OH is 1. The standard InChI is InChI=1S/C13H24N2O3/c1-11(16)10-14-4-6-15(7-5-14)13(17)9-12-3-2-8-18-12/h11-12,16H,2-10H2,1H3. The van der Waals surface area contributed by atoms with Crippen LogP contribution in [0.3, 0.4) is 0 Å². The molecule has 5 nitrogen and oxygen atoms in total. The van der Waals surface area contributed by atoms with Gasteiger partial charge in [0.05, 0.1) is 18.6 Å². The van der Waals surface area contributed by atoms with Crippen molar-refractivity contribution in [2.45, 2.75) is 38.4 Å². The van der Waals surface area contributed by atoms with Gasteiger partial charge in [0.1, 0.15) is 0 Å². The Morgan fingerprint density at radius 1 is 1.39 bits per heavy atom. The van der Waals surface area contributed by atoms with Gasteiger partial charge >= 0.3 is 0 Å². The van der Waals surface area contributed by atoms with E-state index in [2.05, 4.69) is 4.90 Å². The highest BCUT2D eigenvalue weighted by Gasteiger charge is 2.25. The summed E-state index contributed by atoms with van der Waals surface area (Å²) >= 11 is 0. The third kappa shape index (κ3) is 3.93. The molecule has 2 fully saturated rings. The second kappa shape index (κ2) is 6.50. The van der Waals surface area contributed by atoms with Crippen molar-refractivity contribution in [1.82, 2.24) is 9.80 Å². The minimum atomic E-state index is -0.292. The lowest BCUT2D eigenvalue weighted by Gasteiger charge is -2.35. The fraction of sp³-hybridized carbons (Fsp3) is 0.923. The Morgan fingerprint density at radius 2 is 2.11 bits per heavy atom. The molecule has 0 spiro atoms. The Labute approximate surface area is 109 Å². The summed E-state index contributed by atoms with van der Waals surface area (Å²) in [6, 6.07) is 0. The quantitative estimate of drug-likeness (QED) is 0.774. The van der Waals surface area contributed by atoms with Gasteiger partial charge in [0, 0.05) is 39.3 Å². The molecule has 5 heteroatoms. The van der Waals surface area contributed by atoms with E-state index in [1.54, 1.807) is 6.92 Å². The van der Waals surface area contributed by atoms with E-state index in [4.69, 9.17) is 4.74 Å². The van der Waals surface area contributed by atoms with Crippen LogP contribution in [-0.2, 0) is 9.53 Å². The average molecular weight is 256 g/mol. The number of ether oxygens (including phenoxy) is 1. The molecular formula is C13H24N2O3. The summed E-state index contributed by atoms with van der Waals surface area (Å²) in [5.41, 5.74) is 0. The largest absolute Gasteiger partial charge is 0.392 e. The number of aliphatic hydroxyl groups is 1. The van der Waals surface area contributed by atoms with Crippen LogP contribution in [0.5, 0.6) is 0 Å². The molecule has 2 heterocycles. The molecule has 0 saturated carbocycles. The molecule has 2 atom stereocenters. The number of carbonyl (C=O) groups excluding carboxylic acids is 1. The van der Waals surface area contributed by atoms with E-state index in [9.17, 15) is 9.90 Å². The van der Waals surface area contributed by atoms with Crippen molar-refractivity contribution in [1.29, 1.82) is 0 Å². The summed E-state index contributed by atoms with van der Waals surface area (Å²) < 4.78 is 5.50. The van der Waals surface area contributed by atoms with Gasteiger partial charge in [0.25, 0.3) is 0 Å². The molecule has 2 unspecified atom stereocenters. The molecular weight excluding hydrogens is 232 g/mol. The van der Waals surface area contributed by atoms with E-state index in [0.717, 1.165) is 45.6 Å². The summed E-state index contributed by atoms with van der Waals surface area (Å²) in [7, 11) is 0. The van der Waals surface area contributed by atoms with Gasteiger partial charge in [0.15, 0.2) is 0 Å². The molecule has 0 aromatic heterocycles. The van der Waals surface area contributed by atoms with E-state index in [1.165, 1.54) is 0 Å². The molecule has 2 rings (SSSR count). The van der Waals surface area contributed by atoms with E-state index in [1.807, 2.05) is 4.90 Å². The van der Waals surface area contributed by atoms with Gasteiger partial charge in [-0.1, -0.05) is 0 Å². The van der Waals surface area contributed by atoms with Crippen LogP contribution in [0.2, 0.25) is 0 Å². The zero-order valence-electron chi connectivity index (χ0n) is 11.2. The summed E-state index contributed by atoms with van der Waals surface area (Å²) in [5.74, 6) is 0.221. The highest BCUT2D eigenvalue weighted by molar-refractivity contribution is 5.76. The molecule has 0 aromatic rings. The molecule has 18 heavy (non-hydrogen) atoms. The molecule has 0 radical (unpaired) electrons. The second-order valence-corrected chi connectivity index (χ2v) is 5.37. The minimum Gasteiger partial charge on any atom is -0.392 e. The molecule has 1 amide bonds. The zero-order valence-corrected chi connectivity index (χ0v) is 11.2. The summed E-state index contributed by atoms with van der Waals surface area (Å²) in [6.07, 6.45) is 2.50. The van der Waals surface area contributed by atoms with Crippen molar-refractivity contribution in [3.63, 3.8) is 0 Å². The first-order valence-electron chi connectivity index (χ1n) is 6.95. The summed E-state index contributed by atoms with van der Waals surface area (Å²) in [5, 5.41) is 9.33. The van der Waals surface area contributed by atoms with Crippen molar-refractivity contribution in [3.05, 3.63) is 0 Å². The van der Waals surface area contributed by atoms with Gasteiger partial charge in [-0.05, 0) is 19.8 Å². The maximum Gasteiger partial charge on any atom is 0.225 e. The van der Waals surface area contributed by atoms with Gasteiger partial charge in [-0.25, -0.2) is 0 Å². The first kappa shape index (κ1) is 13.8. The van der Waals surface area contributed by atoms with E-state index < -0.39 is 0 Å². The van der Waals surface area contributed by atoms with Gasteiger partial charge < -0.3 is 14.7 Å². The first-order valence-corrected chi connectivity index (χ1v) is 6.95. The van der Waals surface area contributed by atoms with Crippen molar-refractivity contribution < 1.29 is 14.6 Å². The lowest BCUT2D eigenvalue weighted by molar-refractivity contribution is -0.135. The number of piperazine rings is 1. The molecule has 104 valence electrons. The minimum absolute atomic E-state index is 0.146. The van der Waals surface area contributed by atoms with Crippen LogP contribution >= 0.6 is 0 Å². The van der Waals surface area contributed by atoms with Crippen LogP contribution in [0.1, 0.15) is 26.2 Å². The fourth-order valence-electron chi connectivity index (χ4n) is 2.68. The summed E-state index contributed by atoms with van der Waals surface area (Å²) in [4.78, 5) is 16.2. The second-order valence-electron chi connectivity index (χ2n) is 5.37. The molecule has 2 saturated heterocycles. The molecule has 0 aromatic carbocycles. The Bertz CT molecular complexity index is 269. The van der Waals surface area contributed by atoms with Gasteiger partial charge in [-0.3, -0.25) is 9.69 Å². The van der Waals surface area contributed by atoms with Gasteiger partial charge in [0.2, 0.25) is 5.91 Å². The molecule has 0 bridgehead atoms. The molecule has 1 N–H and O–H groups in total. The SMILES string of the molecule is CC(O)CN1CCN(C(=O)CC2CCCO2)CC1. The Balaban J connectivity index is 1.70. The maximum absolute atomic E-state index is 12.1. The van der Waals surface area contributed by atoms with E-state index >= 15 is 0 Å². The van der Waals surface area contributed by atoms with Crippen LogP contribution in [-0.4, -0.2) is 72.4 Å². The first-order chi connectivity index (χ1) is 8.65. The van der Waals surface area contributed by atoms with Crippen LogP contribution in [0.15, 0.2) is 0 Å². The van der Waals surface area contributed by atoms with E-state index in [-0.39, 0.29) is 18.1 Å². The molecule has 0 aliphatic carbocycles. The Kier molecular flexibility index (Phi) is 4.97. The fourth-order valence-corrected chi connectivity index (χ4v) is 2.68. The number of hydrogen-bond acceptors (Lipinski definition) is 4. The van der Waals surface area contributed by atoms with Crippen LogP contribution in [0.25, 0.3) is 0 Å². The van der Waals surface area contributed by atoms with E-state index in [0.29, 0.717) is 13.0 Å².